The molecule has 8 nitrogen and oxygen atoms in total. The minimum absolute atomic E-state index is 0.103. The molecule has 39 heavy (non-hydrogen) atoms. The largest absolute Gasteiger partial charge is 0.459 e. The van der Waals surface area contributed by atoms with Gasteiger partial charge in [-0.05, 0) is 35.2 Å². The molecular formula is C31H30N4O4. The van der Waals surface area contributed by atoms with Crippen molar-refractivity contribution >= 4 is 33.7 Å². The molecule has 0 saturated carbocycles. The number of hydrogen-bond donors (Lipinski definition) is 2. The molecule has 2 heterocycles. The zero-order valence-corrected chi connectivity index (χ0v) is 21.8. The number of hydrogen-bond acceptors (Lipinski definition) is 5. The maximum absolute atomic E-state index is 13.9. The van der Waals surface area contributed by atoms with Crippen LogP contribution in [0.3, 0.4) is 0 Å². The number of aromatic nitrogens is 3. The van der Waals surface area contributed by atoms with Crippen LogP contribution in [0.1, 0.15) is 31.0 Å². The van der Waals surface area contributed by atoms with Crippen LogP contribution in [0.4, 0.5) is 0 Å². The van der Waals surface area contributed by atoms with E-state index < -0.39 is 24.0 Å². The molecule has 0 aliphatic carbocycles. The van der Waals surface area contributed by atoms with Crippen molar-refractivity contribution in [1.29, 1.82) is 0 Å². The van der Waals surface area contributed by atoms with E-state index in [0.29, 0.717) is 10.9 Å². The van der Waals surface area contributed by atoms with E-state index in [1.165, 1.54) is 10.9 Å². The van der Waals surface area contributed by atoms with E-state index in [9.17, 15) is 14.4 Å². The third kappa shape index (κ3) is 5.60. The molecule has 198 valence electrons. The van der Waals surface area contributed by atoms with Crippen LogP contribution >= 0.6 is 0 Å². The van der Waals surface area contributed by atoms with E-state index in [1.807, 2.05) is 80.7 Å². The molecule has 0 aliphatic heterocycles. The van der Waals surface area contributed by atoms with Crippen LogP contribution in [0.25, 0.3) is 21.8 Å². The van der Waals surface area contributed by atoms with Gasteiger partial charge in [0.2, 0.25) is 5.91 Å². The summed E-state index contributed by atoms with van der Waals surface area (Å²) in [5.41, 5.74) is 2.88. The fraction of sp³-hybridized carbons (Fsp3) is 0.226. The van der Waals surface area contributed by atoms with Crippen LogP contribution in [0, 0.1) is 5.92 Å². The molecule has 0 spiro atoms. The highest BCUT2D eigenvalue weighted by Gasteiger charge is 2.31. The van der Waals surface area contributed by atoms with E-state index in [4.69, 9.17) is 4.74 Å². The van der Waals surface area contributed by atoms with E-state index in [0.717, 1.165) is 22.0 Å². The number of esters is 1. The Bertz CT molecular complexity index is 1670. The third-order valence-electron chi connectivity index (χ3n) is 6.86. The average molecular weight is 523 g/mol. The Morgan fingerprint density at radius 2 is 1.64 bits per heavy atom. The lowest BCUT2D eigenvalue weighted by Crippen LogP contribution is -2.49. The number of aromatic amines is 1. The summed E-state index contributed by atoms with van der Waals surface area (Å²) in [6.07, 6.45) is 3.47. The number of fused-ring (bicyclic) bond motifs is 2. The predicted molar refractivity (Wildman–Crippen MR) is 150 cm³/mol. The van der Waals surface area contributed by atoms with Crippen LogP contribution in [-0.2, 0) is 27.4 Å². The zero-order valence-electron chi connectivity index (χ0n) is 21.8. The van der Waals surface area contributed by atoms with Gasteiger partial charge >= 0.3 is 5.97 Å². The zero-order chi connectivity index (χ0) is 27.4. The Kier molecular flexibility index (Phi) is 7.54. The summed E-state index contributed by atoms with van der Waals surface area (Å²) in [5, 5.41) is 4.25. The summed E-state index contributed by atoms with van der Waals surface area (Å²) in [4.78, 5) is 48.1. The summed E-state index contributed by atoms with van der Waals surface area (Å²) in [7, 11) is 0. The standard InChI is InChI=1S/C31H30N4O4/c1-20(2)28(31(38)39-18-21-10-4-3-5-11-21)34-29(36)27(16-22-17-32-25-14-8-6-12-23(22)25)35-19-33-26-15-9-7-13-24(26)30(35)37/h3-15,17,19-20,27-28,32H,16,18H2,1-2H3,(H,34,36)/t27-,28-/m0/s1. The molecule has 3 aromatic carbocycles. The van der Waals surface area contributed by atoms with Gasteiger partial charge in [0.1, 0.15) is 18.7 Å². The van der Waals surface area contributed by atoms with Crippen molar-refractivity contribution in [2.75, 3.05) is 0 Å². The van der Waals surface area contributed by atoms with Gasteiger partial charge in [-0.25, -0.2) is 9.78 Å². The van der Waals surface area contributed by atoms with Gasteiger partial charge in [-0.2, -0.15) is 0 Å². The Morgan fingerprint density at radius 1 is 0.949 bits per heavy atom. The molecule has 8 heteroatoms. The van der Waals surface area contributed by atoms with E-state index in [1.54, 1.807) is 18.2 Å². The number of nitrogens with one attached hydrogen (secondary N) is 2. The summed E-state index contributed by atoms with van der Waals surface area (Å²) >= 11 is 0. The van der Waals surface area contributed by atoms with Crippen LogP contribution in [0.15, 0.2) is 96.2 Å². The Labute approximate surface area is 225 Å². The first-order chi connectivity index (χ1) is 18.9. The molecule has 0 bridgehead atoms. The molecule has 0 aliphatic rings. The second kappa shape index (κ2) is 11.3. The van der Waals surface area contributed by atoms with Crippen molar-refractivity contribution in [1.82, 2.24) is 19.9 Å². The lowest BCUT2D eigenvalue weighted by molar-refractivity contribution is -0.150. The Morgan fingerprint density at radius 3 is 2.41 bits per heavy atom. The Balaban J connectivity index is 1.46. The summed E-state index contributed by atoms with van der Waals surface area (Å²) in [5.74, 6) is -1.23. The van der Waals surface area contributed by atoms with Gasteiger partial charge in [0.05, 0.1) is 17.2 Å². The van der Waals surface area contributed by atoms with Crippen LogP contribution in [-0.4, -0.2) is 32.5 Å². The monoisotopic (exact) mass is 522 g/mol. The van der Waals surface area contributed by atoms with Crippen molar-refractivity contribution in [3.63, 3.8) is 0 Å². The molecule has 2 atom stereocenters. The van der Waals surface area contributed by atoms with E-state index in [-0.39, 0.29) is 24.5 Å². The predicted octanol–water partition coefficient (Wildman–Crippen LogP) is 4.55. The molecule has 0 fully saturated rings. The smallest absolute Gasteiger partial charge is 0.329 e. The highest BCUT2D eigenvalue weighted by molar-refractivity contribution is 5.89. The second-order valence-electron chi connectivity index (χ2n) is 9.88. The molecule has 2 aromatic heterocycles. The summed E-state index contributed by atoms with van der Waals surface area (Å²) in [6, 6.07) is 22.3. The minimum atomic E-state index is -0.947. The average Bonchev–Trinajstić information content (AvgIpc) is 3.37. The van der Waals surface area contributed by atoms with E-state index in [2.05, 4.69) is 15.3 Å². The highest BCUT2D eigenvalue weighted by atomic mass is 16.5. The lowest BCUT2D eigenvalue weighted by atomic mass is 10.0. The molecule has 1 amide bonds. The number of ether oxygens (including phenoxy) is 1. The molecule has 0 unspecified atom stereocenters. The van der Waals surface area contributed by atoms with E-state index >= 15 is 0 Å². The molecular weight excluding hydrogens is 492 g/mol. The van der Waals surface area contributed by atoms with Crippen molar-refractivity contribution in [3.8, 4) is 0 Å². The van der Waals surface area contributed by atoms with Gasteiger partial charge in [-0.15, -0.1) is 0 Å². The van der Waals surface area contributed by atoms with Gasteiger partial charge in [0.25, 0.3) is 5.56 Å². The number of para-hydroxylation sites is 2. The van der Waals surface area contributed by atoms with Gasteiger partial charge in [0.15, 0.2) is 0 Å². The summed E-state index contributed by atoms with van der Waals surface area (Å²) < 4.78 is 6.90. The minimum Gasteiger partial charge on any atom is -0.459 e. The van der Waals surface area contributed by atoms with Crippen molar-refractivity contribution in [2.24, 2.45) is 5.92 Å². The fourth-order valence-corrected chi connectivity index (χ4v) is 4.70. The topological polar surface area (TPSA) is 106 Å². The quantitative estimate of drug-likeness (QED) is 0.276. The molecule has 2 N–H and O–H groups in total. The molecule has 0 saturated heterocycles. The van der Waals surface area contributed by atoms with Crippen molar-refractivity contribution in [2.45, 2.75) is 39.0 Å². The fourth-order valence-electron chi connectivity index (χ4n) is 4.70. The van der Waals surface area contributed by atoms with Gasteiger partial charge in [0, 0.05) is 23.5 Å². The maximum Gasteiger partial charge on any atom is 0.329 e. The van der Waals surface area contributed by atoms with Crippen LogP contribution < -0.4 is 10.9 Å². The number of carbonyl (C=O) groups is 2. The van der Waals surface area contributed by atoms with Gasteiger partial charge in [-0.1, -0.05) is 74.5 Å². The normalized spacial score (nSPS) is 12.9. The highest BCUT2D eigenvalue weighted by Crippen LogP contribution is 2.23. The van der Waals surface area contributed by atoms with Gasteiger partial charge < -0.3 is 15.0 Å². The number of amides is 1. The molecule has 5 aromatic rings. The second-order valence-corrected chi connectivity index (χ2v) is 9.88. The number of benzene rings is 3. The first kappa shape index (κ1) is 25.9. The number of nitrogens with zero attached hydrogens (tertiary/aromatic N) is 2. The van der Waals surface area contributed by atoms with Crippen LogP contribution in [0.5, 0.6) is 0 Å². The number of H-pyrrole nitrogens is 1. The molecule has 0 radical (unpaired) electrons. The lowest BCUT2D eigenvalue weighted by Gasteiger charge is -2.25. The number of rotatable bonds is 9. The number of carbonyl (C=O) groups excluding carboxylic acids is 2. The molecule has 5 rings (SSSR count). The van der Waals surface area contributed by atoms with Crippen molar-refractivity contribution in [3.05, 3.63) is 113 Å². The first-order valence-electron chi connectivity index (χ1n) is 12.9. The van der Waals surface area contributed by atoms with Crippen LogP contribution in [0.2, 0.25) is 0 Å². The first-order valence-corrected chi connectivity index (χ1v) is 12.9. The SMILES string of the molecule is CC(C)[C@H](NC(=O)[C@H](Cc1c[nH]c2ccccc12)n1cnc2ccccc2c1=O)C(=O)OCc1ccccc1. The Hall–Kier alpha value is -4.72. The maximum atomic E-state index is 13.9. The summed E-state index contributed by atoms with van der Waals surface area (Å²) in [6.45, 7) is 3.78. The van der Waals surface area contributed by atoms with Crippen molar-refractivity contribution < 1.29 is 14.3 Å². The third-order valence-corrected chi connectivity index (χ3v) is 6.86. The van der Waals surface area contributed by atoms with Gasteiger partial charge in [-0.3, -0.25) is 14.2 Å².